The largest absolute Gasteiger partial charge is 0.394 e. The summed E-state index contributed by atoms with van der Waals surface area (Å²) in [4.78, 5) is 30.6. The number of amides is 2. The molecule has 0 aliphatic heterocycles. The molecule has 3 N–H and O–H groups in total. The van der Waals surface area contributed by atoms with E-state index in [1.165, 1.54) is 6.07 Å². The number of rotatable bonds is 9. The number of aliphatic hydroxyl groups excluding tert-OH is 1. The van der Waals surface area contributed by atoms with Gasteiger partial charge < -0.3 is 20.3 Å². The monoisotopic (exact) mass is 520 g/mol. The molecule has 7 nitrogen and oxygen atoms in total. The van der Waals surface area contributed by atoms with Crippen LogP contribution < -0.4 is 10.6 Å². The van der Waals surface area contributed by atoms with E-state index in [9.17, 15) is 23.5 Å². The zero-order valence-electron chi connectivity index (χ0n) is 21.5. The number of pyridine rings is 1. The highest BCUT2D eigenvalue weighted by Crippen LogP contribution is 2.33. The third-order valence-corrected chi connectivity index (χ3v) is 6.29. The molecule has 0 saturated carbocycles. The van der Waals surface area contributed by atoms with Gasteiger partial charge >= 0.3 is 0 Å². The predicted molar refractivity (Wildman–Crippen MR) is 141 cm³/mol. The van der Waals surface area contributed by atoms with Gasteiger partial charge in [-0.05, 0) is 54.3 Å². The number of aromatic nitrogens is 2. The number of hydrogen-bond donors (Lipinski definition) is 3. The molecule has 198 valence electrons. The summed E-state index contributed by atoms with van der Waals surface area (Å²) < 4.78 is 29.0. The molecular weight excluding hydrogens is 490 g/mol. The first-order chi connectivity index (χ1) is 18.2. The molecule has 0 spiro atoms. The molecule has 2 aromatic carbocycles. The topological polar surface area (TPSA) is 96.3 Å². The molecule has 38 heavy (non-hydrogen) atoms. The van der Waals surface area contributed by atoms with Crippen LogP contribution in [0.15, 0.2) is 60.9 Å². The van der Waals surface area contributed by atoms with E-state index in [-0.39, 0.29) is 30.9 Å². The molecule has 0 saturated heterocycles. The van der Waals surface area contributed by atoms with E-state index < -0.39 is 17.7 Å². The van der Waals surface area contributed by atoms with Crippen molar-refractivity contribution in [3.63, 3.8) is 0 Å². The third-order valence-electron chi connectivity index (χ3n) is 6.29. The van der Waals surface area contributed by atoms with Gasteiger partial charge in [0.15, 0.2) is 11.6 Å². The van der Waals surface area contributed by atoms with Crippen LogP contribution in [0.1, 0.15) is 64.2 Å². The Labute approximate surface area is 219 Å². The van der Waals surface area contributed by atoms with E-state index in [2.05, 4.69) is 15.6 Å². The van der Waals surface area contributed by atoms with Crippen molar-refractivity contribution in [2.45, 2.75) is 45.8 Å². The van der Waals surface area contributed by atoms with Crippen LogP contribution in [0.25, 0.3) is 10.9 Å². The minimum absolute atomic E-state index is 0.0163. The Morgan fingerprint density at radius 1 is 1.00 bits per heavy atom. The smallest absolute Gasteiger partial charge is 0.254 e. The Balaban J connectivity index is 1.79. The highest BCUT2D eigenvalue weighted by molar-refractivity contribution is 6.10. The number of aliphatic hydroxyl groups is 1. The van der Waals surface area contributed by atoms with Crippen LogP contribution in [-0.4, -0.2) is 39.1 Å². The van der Waals surface area contributed by atoms with Crippen molar-refractivity contribution in [2.75, 3.05) is 6.61 Å². The molecule has 1 atom stereocenters. The molecule has 4 rings (SSSR count). The fourth-order valence-corrected chi connectivity index (χ4v) is 4.47. The molecule has 9 heteroatoms. The van der Waals surface area contributed by atoms with Gasteiger partial charge in [0.25, 0.3) is 11.8 Å². The van der Waals surface area contributed by atoms with Crippen molar-refractivity contribution in [1.29, 1.82) is 0 Å². The van der Waals surface area contributed by atoms with Gasteiger partial charge in [-0.1, -0.05) is 32.0 Å². The summed E-state index contributed by atoms with van der Waals surface area (Å²) in [6.07, 6.45) is 3.43. The van der Waals surface area contributed by atoms with Gasteiger partial charge in [0.05, 0.1) is 17.7 Å². The normalized spacial score (nSPS) is 12.1. The van der Waals surface area contributed by atoms with E-state index in [1.807, 2.05) is 30.5 Å². The van der Waals surface area contributed by atoms with Crippen molar-refractivity contribution in [3.05, 3.63) is 101 Å². The maximum Gasteiger partial charge on any atom is 0.254 e. The molecule has 0 radical (unpaired) electrons. The predicted octanol–water partition coefficient (Wildman–Crippen LogP) is 4.53. The number of nitrogens with zero attached hydrogens (tertiary/aromatic N) is 2. The molecular formula is C29H30F2N4O3. The first kappa shape index (κ1) is 26.9. The quantitative estimate of drug-likeness (QED) is 0.302. The zero-order valence-corrected chi connectivity index (χ0v) is 21.5. The Morgan fingerprint density at radius 2 is 1.79 bits per heavy atom. The maximum absolute atomic E-state index is 13.7. The first-order valence-corrected chi connectivity index (χ1v) is 12.4. The lowest BCUT2D eigenvalue weighted by Crippen LogP contribution is -2.34. The fourth-order valence-electron chi connectivity index (χ4n) is 4.47. The molecule has 2 heterocycles. The second-order valence-corrected chi connectivity index (χ2v) is 9.58. The molecule has 1 unspecified atom stereocenters. The zero-order chi connectivity index (χ0) is 27.4. The number of benzene rings is 2. The van der Waals surface area contributed by atoms with Crippen LogP contribution in [0.4, 0.5) is 8.78 Å². The minimum atomic E-state index is -0.978. The van der Waals surface area contributed by atoms with Crippen molar-refractivity contribution in [1.82, 2.24) is 20.2 Å². The Morgan fingerprint density at radius 3 is 2.45 bits per heavy atom. The third kappa shape index (κ3) is 5.73. The number of nitrogens with one attached hydrogen (secondary N) is 2. The summed E-state index contributed by atoms with van der Waals surface area (Å²) in [5.74, 6) is -2.69. The van der Waals surface area contributed by atoms with Crippen molar-refractivity contribution >= 4 is 22.7 Å². The molecule has 0 fully saturated rings. The molecule has 0 aliphatic carbocycles. The molecule has 0 aliphatic rings. The van der Waals surface area contributed by atoms with Crippen molar-refractivity contribution in [3.8, 4) is 0 Å². The highest BCUT2D eigenvalue weighted by Gasteiger charge is 2.25. The standard InChI is InChI=1S/C29H30F2N4O3/c1-17(2)27-26(29(38)33-14-19-6-9-23(30)24(31)11-19)22-8-7-21(28(37)34-18(3)16-36)12-25(22)35(27)15-20-5-4-10-32-13-20/h4-13,17-18,36H,14-16H2,1-3H3,(H,33,38)(H,34,37). The summed E-state index contributed by atoms with van der Waals surface area (Å²) in [5.41, 5.74) is 3.67. The van der Waals surface area contributed by atoms with E-state index in [0.717, 1.165) is 23.4 Å². The van der Waals surface area contributed by atoms with E-state index >= 15 is 0 Å². The van der Waals surface area contributed by atoms with Crippen LogP contribution in [-0.2, 0) is 13.1 Å². The second kappa shape index (κ2) is 11.5. The molecule has 0 bridgehead atoms. The van der Waals surface area contributed by atoms with Crippen LogP contribution in [0.2, 0.25) is 0 Å². The Hall–Kier alpha value is -4.11. The van der Waals surface area contributed by atoms with Crippen LogP contribution >= 0.6 is 0 Å². The second-order valence-electron chi connectivity index (χ2n) is 9.58. The summed E-state index contributed by atoms with van der Waals surface area (Å²) in [5, 5.41) is 15.6. The number of halogens is 2. The van der Waals surface area contributed by atoms with Gasteiger partial charge in [-0.2, -0.15) is 0 Å². The lowest BCUT2D eigenvalue weighted by atomic mass is 10.0. The molecule has 2 amide bonds. The highest BCUT2D eigenvalue weighted by atomic mass is 19.2. The maximum atomic E-state index is 13.7. The van der Waals surface area contributed by atoms with E-state index in [1.54, 1.807) is 37.5 Å². The van der Waals surface area contributed by atoms with Crippen LogP contribution in [0.5, 0.6) is 0 Å². The average molecular weight is 521 g/mol. The van der Waals surface area contributed by atoms with Gasteiger partial charge in [0.2, 0.25) is 0 Å². The van der Waals surface area contributed by atoms with Gasteiger partial charge in [0.1, 0.15) is 0 Å². The number of fused-ring (bicyclic) bond motifs is 1. The van der Waals surface area contributed by atoms with Crippen molar-refractivity contribution in [2.24, 2.45) is 0 Å². The van der Waals surface area contributed by atoms with Crippen LogP contribution in [0, 0.1) is 11.6 Å². The van der Waals surface area contributed by atoms with E-state index in [0.29, 0.717) is 34.1 Å². The lowest BCUT2D eigenvalue weighted by Gasteiger charge is -2.16. The van der Waals surface area contributed by atoms with Gasteiger partial charge in [0, 0.05) is 48.2 Å². The summed E-state index contributed by atoms with van der Waals surface area (Å²) in [6.45, 7) is 5.92. The van der Waals surface area contributed by atoms with Gasteiger partial charge in [-0.3, -0.25) is 14.6 Å². The van der Waals surface area contributed by atoms with Crippen molar-refractivity contribution < 1.29 is 23.5 Å². The van der Waals surface area contributed by atoms with Gasteiger partial charge in [-0.15, -0.1) is 0 Å². The summed E-state index contributed by atoms with van der Waals surface area (Å²) in [7, 11) is 0. The Bertz CT molecular complexity index is 1470. The molecule has 4 aromatic rings. The number of hydrogen-bond acceptors (Lipinski definition) is 4. The van der Waals surface area contributed by atoms with Crippen LogP contribution in [0.3, 0.4) is 0 Å². The molecule has 2 aromatic heterocycles. The SMILES string of the molecule is CC(CO)NC(=O)c1ccc2c(C(=O)NCc3ccc(F)c(F)c3)c(C(C)C)n(Cc3cccnc3)c2c1. The number of carbonyl (C=O) groups excluding carboxylic acids is 2. The van der Waals surface area contributed by atoms with Gasteiger partial charge in [-0.25, -0.2) is 8.78 Å². The lowest BCUT2D eigenvalue weighted by molar-refractivity contribution is 0.0920. The van der Waals surface area contributed by atoms with E-state index in [4.69, 9.17) is 0 Å². The Kier molecular flexibility index (Phi) is 8.16. The summed E-state index contributed by atoms with van der Waals surface area (Å²) >= 11 is 0. The number of carbonyl (C=O) groups is 2. The fraction of sp³-hybridized carbons (Fsp3) is 0.276. The first-order valence-electron chi connectivity index (χ1n) is 12.4. The summed E-state index contributed by atoms with van der Waals surface area (Å²) in [6, 6.07) is 12.0. The average Bonchev–Trinajstić information content (AvgIpc) is 3.23. The minimum Gasteiger partial charge on any atom is -0.394 e.